The highest BCUT2D eigenvalue weighted by atomic mass is 17.1. The van der Waals surface area contributed by atoms with E-state index >= 15 is 0 Å². The number of carbonyl (C=O) groups excluding carboxylic acids is 1. The molecule has 1 unspecified atom stereocenters. The third-order valence-electron chi connectivity index (χ3n) is 6.74. The molecule has 16 nitrogen and oxygen atoms in total. The Morgan fingerprint density at radius 3 is 2.46 bits per heavy atom. The molecule has 0 amide bonds. The Balaban J connectivity index is 1.31. The van der Waals surface area contributed by atoms with Crippen molar-refractivity contribution in [3.05, 3.63) is 77.9 Å². The fourth-order valence-electron chi connectivity index (χ4n) is 4.69. The fraction of sp³-hybridized carbons (Fsp3) is 0.267. The fourth-order valence-corrected chi connectivity index (χ4v) is 4.69. The molecule has 0 spiro atoms. The Hall–Kier alpha value is -5.42. The van der Waals surface area contributed by atoms with Crippen molar-refractivity contribution >= 4 is 23.2 Å². The van der Waals surface area contributed by atoms with Crippen LogP contribution in [0.25, 0.3) is 33.5 Å². The van der Waals surface area contributed by atoms with Gasteiger partial charge in [0.15, 0.2) is 0 Å². The Morgan fingerprint density at radius 1 is 0.978 bits per heavy atom. The predicted octanol–water partition coefficient (Wildman–Crippen LogP) is 4.58. The maximum absolute atomic E-state index is 12.0. The number of carboxylic acid groups (broad SMARTS) is 1. The van der Waals surface area contributed by atoms with E-state index in [2.05, 4.69) is 25.2 Å². The summed E-state index contributed by atoms with van der Waals surface area (Å²) in [6.07, 6.45) is -1.69. The van der Waals surface area contributed by atoms with Crippen LogP contribution in [0.3, 0.4) is 0 Å². The lowest BCUT2D eigenvalue weighted by Gasteiger charge is -2.12. The molecule has 240 valence electrons. The van der Waals surface area contributed by atoms with Crippen molar-refractivity contribution in [1.29, 1.82) is 0 Å². The van der Waals surface area contributed by atoms with E-state index in [9.17, 15) is 14.7 Å². The molecule has 16 heteroatoms. The second-order valence-corrected chi connectivity index (χ2v) is 9.82. The number of para-hydroxylation sites is 1. The molecule has 5 rings (SSSR count). The van der Waals surface area contributed by atoms with Crippen LogP contribution < -0.4 is 4.74 Å². The van der Waals surface area contributed by atoms with Gasteiger partial charge in [0.1, 0.15) is 0 Å². The number of imidazole rings is 1. The van der Waals surface area contributed by atoms with Gasteiger partial charge in [-0.05, 0) is 47.9 Å². The number of fused-ring (bicyclic) bond motifs is 1. The van der Waals surface area contributed by atoms with Crippen LogP contribution in [0, 0.1) is 0 Å². The van der Waals surface area contributed by atoms with E-state index in [-0.39, 0.29) is 25.2 Å². The number of tetrazole rings is 1. The van der Waals surface area contributed by atoms with Gasteiger partial charge in [0.25, 0.3) is 6.01 Å². The van der Waals surface area contributed by atoms with Crippen molar-refractivity contribution in [3.63, 3.8) is 0 Å². The van der Waals surface area contributed by atoms with Gasteiger partial charge < -0.3 is 19.3 Å². The number of aromatic carboxylic acids is 1. The second-order valence-electron chi connectivity index (χ2n) is 9.82. The zero-order valence-electron chi connectivity index (χ0n) is 24.9. The number of aromatic nitrogens is 6. The molecular weight excluding hydrogens is 602 g/mol. The first-order valence-electron chi connectivity index (χ1n) is 14.2. The summed E-state index contributed by atoms with van der Waals surface area (Å²) in [5.41, 5.74) is 4.48. The molecule has 0 bridgehead atoms. The van der Waals surface area contributed by atoms with Gasteiger partial charge >= 0.3 is 12.1 Å². The quantitative estimate of drug-likeness (QED) is 0.0873. The van der Waals surface area contributed by atoms with Crippen LogP contribution in [-0.4, -0.2) is 82.6 Å². The van der Waals surface area contributed by atoms with Crippen molar-refractivity contribution < 1.29 is 44.2 Å². The first-order chi connectivity index (χ1) is 22.2. The van der Waals surface area contributed by atoms with Crippen LogP contribution in [0.5, 0.6) is 6.01 Å². The Bertz CT molecular complexity index is 1800. The standard InChI is InChI=1S/C30H31N7O9/c1-3-43-29-31-25-11-6-10-24(28(38)39)26(25)35(29)18-20-12-14-21(15-13-20)22-8-4-5-9-23(22)27-32-34-36(33-27)19(2)46-30(40)44-16-7-17-45-37(41)42/h4-6,8-15,19,41-42H,3,7,16-18H2,1-2H3,(H,38,39). The molecule has 0 fully saturated rings. The van der Waals surface area contributed by atoms with Gasteiger partial charge in [-0.3, -0.25) is 19.8 Å². The summed E-state index contributed by atoms with van der Waals surface area (Å²) in [7, 11) is 0. The topological polar surface area (TPSA) is 196 Å². The summed E-state index contributed by atoms with van der Waals surface area (Å²) in [5.74, 6) is -0.736. The Kier molecular flexibility index (Phi) is 10.1. The number of carbonyl (C=O) groups is 2. The van der Waals surface area contributed by atoms with Gasteiger partial charge in [0, 0.05) is 12.0 Å². The van der Waals surface area contributed by atoms with Gasteiger partial charge in [0.2, 0.25) is 12.1 Å². The minimum atomic E-state index is -1.05. The highest BCUT2D eigenvalue weighted by Gasteiger charge is 2.20. The van der Waals surface area contributed by atoms with E-state index in [1.165, 1.54) is 0 Å². The lowest BCUT2D eigenvalue weighted by atomic mass is 9.98. The van der Waals surface area contributed by atoms with Crippen molar-refractivity contribution in [2.24, 2.45) is 0 Å². The normalized spacial score (nSPS) is 11.9. The second kappa shape index (κ2) is 14.6. The van der Waals surface area contributed by atoms with Crippen LogP contribution in [0.2, 0.25) is 0 Å². The Labute approximate surface area is 261 Å². The molecule has 0 aliphatic heterocycles. The molecule has 0 radical (unpaired) electrons. The minimum Gasteiger partial charge on any atom is -0.478 e. The molecule has 1 atom stereocenters. The van der Waals surface area contributed by atoms with Crippen LogP contribution in [0.1, 0.15) is 42.4 Å². The minimum absolute atomic E-state index is 0.0719. The molecule has 2 aromatic heterocycles. The van der Waals surface area contributed by atoms with Crippen LogP contribution in [0.15, 0.2) is 66.7 Å². The SMILES string of the molecule is CCOc1nc2cccc(C(=O)O)c2n1Cc1ccc(-c2ccccc2-c2nnn(C(C)OC(=O)OCCCON(O)O)n2)cc1. The zero-order chi connectivity index (χ0) is 32.6. The van der Waals surface area contributed by atoms with Gasteiger partial charge in [-0.25, -0.2) is 9.59 Å². The maximum atomic E-state index is 12.0. The van der Waals surface area contributed by atoms with E-state index < -0.39 is 23.7 Å². The van der Waals surface area contributed by atoms with E-state index in [1.807, 2.05) is 55.5 Å². The van der Waals surface area contributed by atoms with E-state index in [4.69, 9.17) is 24.6 Å². The van der Waals surface area contributed by atoms with Crippen LogP contribution in [-0.2, 0) is 20.9 Å². The third-order valence-corrected chi connectivity index (χ3v) is 6.74. The summed E-state index contributed by atoms with van der Waals surface area (Å²) in [4.78, 5) is 34.0. The molecule has 46 heavy (non-hydrogen) atoms. The summed E-state index contributed by atoms with van der Waals surface area (Å²) in [6, 6.07) is 20.6. The summed E-state index contributed by atoms with van der Waals surface area (Å²) >= 11 is 0. The van der Waals surface area contributed by atoms with Crippen LogP contribution >= 0.6 is 0 Å². The smallest absolute Gasteiger partial charge is 0.478 e. The molecule has 0 saturated carbocycles. The summed E-state index contributed by atoms with van der Waals surface area (Å²) in [6.45, 7) is 3.95. The highest BCUT2D eigenvalue weighted by Crippen LogP contribution is 2.31. The van der Waals surface area contributed by atoms with Gasteiger partial charge in [0.05, 0.1) is 48.4 Å². The number of carboxylic acids is 1. The summed E-state index contributed by atoms with van der Waals surface area (Å²) in [5, 5.41) is 38.9. The van der Waals surface area contributed by atoms with E-state index in [0.717, 1.165) is 21.5 Å². The molecule has 0 saturated heterocycles. The number of rotatable bonds is 14. The molecule has 0 aliphatic rings. The number of hydrogen-bond acceptors (Lipinski definition) is 13. The largest absolute Gasteiger partial charge is 0.510 e. The molecule has 3 aromatic carbocycles. The lowest BCUT2D eigenvalue weighted by molar-refractivity contribution is -0.492. The summed E-state index contributed by atoms with van der Waals surface area (Å²) < 4.78 is 17.6. The van der Waals surface area contributed by atoms with E-state index in [1.54, 1.807) is 29.7 Å². The monoisotopic (exact) mass is 633 g/mol. The first kappa shape index (κ1) is 32.0. The maximum Gasteiger partial charge on any atom is 0.510 e. The lowest BCUT2D eigenvalue weighted by Crippen LogP contribution is -2.19. The number of hydrogen-bond donors (Lipinski definition) is 3. The zero-order valence-corrected chi connectivity index (χ0v) is 24.9. The third kappa shape index (κ3) is 7.44. The number of ether oxygens (including phenoxy) is 3. The van der Waals surface area contributed by atoms with Crippen molar-refractivity contribution in [3.8, 4) is 28.5 Å². The molecule has 0 aliphatic carbocycles. The average molecular weight is 634 g/mol. The van der Waals surface area contributed by atoms with Gasteiger partial charge in [-0.2, -0.15) is 4.98 Å². The van der Waals surface area contributed by atoms with Crippen LogP contribution in [0.4, 0.5) is 4.79 Å². The highest BCUT2D eigenvalue weighted by molar-refractivity contribution is 6.01. The van der Waals surface area contributed by atoms with Gasteiger partial charge in [-0.15, -0.1) is 15.0 Å². The first-order valence-corrected chi connectivity index (χ1v) is 14.2. The molecular formula is C30H31N7O9. The van der Waals surface area contributed by atoms with Gasteiger partial charge in [-0.1, -0.05) is 54.6 Å². The number of benzene rings is 3. The average Bonchev–Trinajstić information content (AvgIpc) is 3.67. The number of nitrogens with zero attached hydrogens (tertiary/aromatic N) is 7. The molecule has 2 heterocycles. The predicted molar refractivity (Wildman–Crippen MR) is 159 cm³/mol. The van der Waals surface area contributed by atoms with Crippen molar-refractivity contribution in [1.82, 2.24) is 35.1 Å². The molecule has 5 aromatic rings. The molecule has 3 N–H and O–H groups in total. The van der Waals surface area contributed by atoms with Crippen molar-refractivity contribution in [2.75, 3.05) is 19.8 Å². The Morgan fingerprint density at radius 2 is 1.74 bits per heavy atom. The van der Waals surface area contributed by atoms with E-state index in [0.29, 0.717) is 41.6 Å². The van der Waals surface area contributed by atoms with Crippen molar-refractivity contribution in [2.45, 2.75) is 33.0 Å².